The van der Waals surface area contributed by atoms with Gasteiger partial charge in [0.1, 0.15) is 5.75 Å². The van der Waals surface area contributed by atoms with Crippen LogP contribution in [-0.4, -0.2) is 29.0 Å². The summed E-state index contributed by atoms with van der Waals surface area (Å²) in [5.74, 6) is 0.347. The molecule has 0 aromatic heterocycles. The Balaban J connectivity index is 1.89. The van der Waals surface area contributed by atoms with Crippen molar-refractivity contribution >= 4 is 5.91 Å². The number of likely N-dealkylation sites (tertiary alicyclic amines) is 1. The molecule has 0 spiro atoms. The van der Waals surface area contributed by atoms with Crippen molar-refractivity contribution in [2.24, 2.45) is 0 Å². The number of piperidine rings is 1. The largest absolute Gasteiger partial charge is 0.508 e. The first-order valence-corrected chi connectivity index (χ1v) is 8.77. The molecule has 0 aliphatic carbocycles. The molecular formula is C21H25NO2. The number of hydrogen-bond acceptors (Lipinski definition) is 2. The van der Waals surface area contributed by atoms with Gasteiger partial charge in [-0.25, -0.2) is 0 Å². The van der Waals surface area contributed by atoms with E-state index in [0.717, 1.165) is 42.6 Å². The Morgan fingerprint density at radius 2 is 1.79 bits per heavy atom. The summed E-state index contributed by atoms with van der Waals surface area (Å²) >= 11 is 0. The lowest BCUT2D eigenvalue weighted by atomic mass is 9.87. The maximum atomic E-state index is 12.8. The van der Waals surface area contributed by atoms with Gasteiger partial charge >= 0.3 is 0 Å². The molecule has 1 aliphatic heterocycles. The minimum absolute atomic E-state index is 0.110. The monoisotopic (exact) mass is 323 g/mol. The number of carbonyl (C=O) groups is 1. The lowest BCUT2D eigenvalue weighted by molar-refractivity contribution is -0.132. The third-order valence-corrected chi connectivity index (χ3v) is 4.85. The molecule has 2 aromatic rings. The first-order valence-electron chi connectivity index (χ1n) is 8.77. The first kappa shape index (κ1) is 16.6. The van der Waals surface area contributed by atoms with E-state index < -0.39 is 0 Å². The second-order valence-electron chi connectivity index (χ2n) is 6.67. The number of carbonyl (C=O) groups excluding carboxylic acids is 1. The molecule has 3 rings (SSSR count). The van der Waals surface area contributed by atoms with E-state index >= 15 is 0 Å². The molecule has 0 unspecified atom stereocenters. The summed E-state index contributed by atoms with van der Waals surface area (Å²) < 4.78 is 0. The van der Waals surface area contributed by atoms with E-state index in [1.54, 1.807) is 6.07 Å². The minimum atomic E-state index is -0.110. The Kier molecular flexibility index (Phi) is 5.19. The van der Waals surface area contributed by atoms with Gasteiger partial charge in [-0.15, -0.1) is 0 Å². The highest BCUT2D eigenvalue weighted by Crippen LogP contribution is 2.35. The standard InChI is InChI=1S/C21H25NO2/c1-16-10-11-18(20(23)14-16)19(17-8-4-2-5-9-17)15-21(24)22-12-6-3-7-13-22/h2,4-5,8-11,14,19,23H,3,6-7,12-13,15H2,1H3/t19-/m0/s1. The number of rotatable bonds is 4. The Labute approximate surface area is 143 Å². The van der Waals surface area contributed by atoms with E-state index in [1.165, 1.54) is 6.42 Å². The number of aromatic hydroxyl groups is 1. The Morgan fingerprint density at radius 1 is 1.08 bits per heavy atom. The predicted molar refractivity (Wildman–Crippen MR) is 96.2 cm³/mol. The van der Waals surface area contributed by atoms with Crippen LogP contribution in [0.5, 0.6) is 5.75 Å². The third-order valence-electron chi connectivity index (χ3n) is 4.85. The van der Waals surface area contributed by atoms with E-state index in [1.807, 2.05) is 54.3 Å². The van der Waals surface area contributed by atoms with Crippen molar-refractivity contribution in [3.05, 3.63) is 65.2 Å². The van der Waals surface area contributed by atoms with E-state index in [9.17, 15) is 9.90 Å². The molecule has 1 heterocycles. The van der Waals surface area contributed by atoms with Crippen LogP contribution in [0.2, 0.25) is 0 Å². The van der Waals surface area contributed by atoms with Crippen LogP contribution in [0.25, 0.3) is 0 Å². The van der Waals surface area contributed by atoms with E-state index in [0.29, 0.717) is 6.42 Å². The molecule has 3 heteroatoms. The summed E-state index contributed by atoms with van der Waals surface area (Å²) in [5, 5.41) is 10.4. The van der Waals surface area contributed by atoms with Crippen LogP contribution in [0.3, 0.4) is 0 Å². The van der Waals surface area contributed by atoms with Gasteiger partial charge in [0, 0.05) is 31.0 Å². The molecule has 0 bridgehead atoms. The highest BCUT2D eigenvalue weighted by atomic mass is 16.3. The number of phenols is 1. The SMILES string of the molecule is Cc1ccc([C@@H](CC(=O)N2CCCCC2)c2ccccc2)c(O)c1. The summed E-state index contributed by atoms with van der Waals surface area (Å²) in [4.78, 5) is 14.8. The lowest BCUT2D eigenvalue weighted by Gasteiger charge is -2.29. The maximum absolute atomic E-state index is 12.8. The molecule has 1 N–H and O–H groups in total. The van der Waals surface area contributed by atoms with Crippen LogP contribution >= 0.6 is 0 Å². The molecule has 2 aromatic carbocycles. The summed E-state index contributed by atoms with van der Waals surface area (Å²) in [5.41, 5.74) is 2.92. The lowest BCUT2D eigenvalue weighted by Crippen LogP contribution is -2.36. The third kappa shape index (κ3) is 3.78. The number of benzene rings is 2. The second-order valence-corrected chi connectivity index (χ2v) is 6.67. The summed E-state index contributed by atoms with van der Waals surface area (Å²) in [6.07, 6.45) is 3.81. The van der Waals surface area contributed by atoms with Gasteiger partial charge in [-0.2, -0.15) is 0 Å². The topological polar surface area (TPSA) is 40.5 Å². The molecule has 1 fully saturated rings. The molecule has 1 amide bonds. The van der Waals surface area contributed by atoms with Gasteiger partial charge in [0.2, 0.25) is 5.91 Å². The van der Waals surface area contributed by atoms with Crippen molar-refractivity contribution in [2.75, 3.05) is 13.1 Å². The fourth-order valence-electron chi connectivity index (χ4n) is 3.49. The molecule has 1 atom stereocenters. The number of hydrogen-bond donors (Lipinski definition) is 1. The zero-order valence-corrected chi connectivity index (χ0v) is 14.2. The molecule has 0 radical (unpaired) electrons. The minimum Gasteiger partial charge on any atom is -0.508 e. The maximum Gasteiger partial charge on any atom is 0.223 e. The number of aryl methyl sites for hydroxylation is 1. The average molecular weight is 323 g/mol. The van der Waals surface area contributed by atoms with Crippen LogP contribution in [-0.2, 0) is 4.79 Å². The quantitative estimate of drug-likeness (QED) is 0.914. The van der Waals surface area contributed by atoms with Crippen LogP contribution in [0.15, 0.2) is 48.5 Å². The number of phenolic OH excluding ortho intramolecular Hbond substituents is 1. The molecule has 0 saturated carbocycles. The van der Waals surface area contributed by atoms with E-state index in [4.69, 9.17) is 0 Å². The second kappa shape index (κ2) is 7.52. The van der Waals surface area contributed by atoms with Crippen LogP contribution in [0.4, 0.5) is 0 Å². The van der Waals surface area contributed by atoms with Crippen molar-refractivity contribution in [2.45, 2.75) is 38.5 Å². The van der Waals surface area contributed by atoms with Crippen LogP contribution in [0.1, 0.15) is 48.3 Å². The smallest absolute Gasteiger partial charge is 0.223 e. The average Bonchev–Trinajstić information content (AvgIpc) is 2.61. The molecule has 24 heavy (non-hydrogen) atoms. The molecular weight excluding hydrogens is 298 g/mol. The van der Waals surface area contributed by atoms with Gasteiger partial charge in [0.25, 0.3) is 0 Å². The molecule has 3 nitrogen and oxygen atoms in total. The van der Waals surface area contributed by atoms with Crippen molar-refractivity contribution in [3.8, 4) is 5.75 Å². The van der Waals surface area contributed by atoms with Crippen molar-refractivity contribution in [1.82, 2.24) is 4.90 Å². The highest BCUT2D eigenvalue weighted by Gasteiger charge is 2.24. The number of amides is 1. The first-order chi connectivity index (χ1) is 11.6. The normalized spacial score (nSPS) is 16.0. The fraction of sp³-hybridized carbons (Fsp3) is 0.381. The summed E-state index contributed by atoms with van der Waals surface area (Å²) in [7, 11) is 0. The van der Waals surface area contributed by atoms with Crippen LogP contribution < -0.4 is 0 Å². The Morgan fingerprint density at radius 3 is 2.46 bits per heavy atom. The van der Waals surface area contributed by atoms with E-state index in [2.05, 4.69) is 0 Å². The highest BCUT2D eigenvalue weighted by molar-refractivity contribution is 5.78. The Hall–Kier alpha value is -2.29. The molecule has 126 valence electrons. The van der Waals surface area contributed by atoms with Crippen molar-refractivity contribution < 1.29 is 9.90 Å². The van der Waals surface area contributed by atoms with Gasteiger partial charge in [-0.1, -0.05) is 42.5 Å². The van der Waals surface area contributed by atoms with Gasteiger partial charge in [-0.05, 0) is 43.4 Å². The van der Waals surface area contributed by atoms with E-state index in [-0.39, 0.29) is 17.6 Å². The van der Waals surface area contributed by atoms with Crippen molar-refractivity contribution in [3.63, 3.8) is 0 Å². The molecule has 1 saturated heterocycles. The van der Waals surface area contributed by atoms with Gasteiger partial charge in [0.05, 0.1) is 0 Å². The summed E-state index contributed by atoms with van der Waals surface area (Å²) in [6.45, 7) is 3.68. The Bertz CT molecular complexity index is 690. The zero-order valence-electron chi connectivity index (χ0n) is 14.2. The number of nitrogens with zero attached hydrogens (tertiary/aromatic N) is 1. The zero-order chi connectivity index (χ0) is 16.9. The molecule has 1 aliphatic rings. The predicted octanol–water partition coefficient (Wildman–Crippen LogP) is 4.24. The van der Waals surface area contributed by atoms with Gasteiger partial charge in [-0.3, -0.25) is 4.79 Å². The van der Waals surface area contributed by atoms with Crippen LogP contribution in [0, 0.1) is 6.92 Å². The van der Waals surface area contributed by atoms with Gasteiger partial charge in [0.15, 0.2) is 0 Å². The van der Waals surface area contributed by atoms with Gasteiger partial charge < -0.3 is 10.0 Å². The van der Waals surface area contributed by atoms with Crippen molar-refractivity contribution in [1.29, 1.82) is 0 Å². The fourth-order valence-corrected chi connectivity index (χ4v) is 3.49. The summed E-state index contributed by atoms with van der Waals surface area (Å²) in [6, 6.07) is 15.7.